The van der Waals surface area contributed by atoms with Gasteiger partial charge in [0, 0.05) is 30.6 Å². The molecule has 0 unspecified atom stereocenters. The molecule has 0 saturated heterocycles. The van der Waals surface area contributed by atoms with Crippen LogP contribution in [0.3, 0.4) is 0 Å². The fourth-order valence-corrected chi connectivity index (χ4v) is 3.57. The van der Waals surface area contributed by atoms with Gasteiger partial charge in [0.15, 0.2) is 0 Å². The fraction of sp³-hybridized carbons (Fsp3) is 0.143. The average molecular weight is 302 g/mol. The molecule has 3 rings (SSSR count). The summed E-state index contributed by atoms with van der Waals surface area (Å²) in [4.78, 5) is 2.17. The maximum absolute atomic E-state index is 12.6. The molecule has 0 fully saturated rings. The van der Waals surface area contributed by atoms with Crippen LogP contribution in [-0.4, -0.2) is 36.9 Å². The van der Waals surface area contributed by atoms with Crippen molar-refractivity contribution in [2.24, 2.45) is 0 Å². The van der Waals surface area contributed by atoms with E-state index < -0.39 is 10.0 Å². The van der Waals surface area contributed by atoms with Gasteiger partial charge < -0.3 is 4.90 Å². The van der Waals surface area contributed by atoms with E-state index in [1.165, 1.54) is 12.4 Å². The molecule has 1 aromatic heterocycles. The third kappa shape index (κ3) is 2.15. The number of hydrogen-bond donors (Lipinski definition) is 0. The molecular weight excluding hydrogens is 288 g/mol. The number of rotatable bonds is 3. The van der Waals surface area contributed by atoms with E-state index in [4.69, 9.17) is 0 Å². The van der Waals surface area contributed by atoms with Gasteiger partial charge in [0.05, 0.1) is 17.3 Å². The second kappa shape index (κ2) is 4.85. The number of fused-ring (bicyclic) bond motifs is 1. The molecule has 2 aromatic carbocycles. The summed E-state index contributed by atoms with van der Waals surface area (Å²) in [6, 6.07) is 10.8. The lowest BCUT2D eigenvalue weighted by atomic mass is 10.1. The Morgan fingerprint density at radius 2 is 1.76 bits per heavy atom. The number of aromatic nitrogens is 3. The summed E-state index contributed by atoms with van der Waals surface area (Å²) in [7, 11) is 0.108. The smallest absolute Gasteiger partial charge is 0.284 e. The van der Waals surface area contributed by atoms with Crippen molar-refractivity contribution in [3.63, 3.8) is 0 Å². The lowest BCUT2D eigenvalue weighted by molar-refractivity contribution is 0.578. The van der Waals surface area contributed by atoms with Gasteiger partial charge in [-0.1, -0.05) is 29.5 Å². The van der Waals surface area contributed by atoms with Gasteiger partial charge in [-0.2, -0.15) is 8.42 Å². The Kier molecular flexibility index (Phi) is 3.13. The van der Waals surface area contributed by atoms with Crippen molar-refractivity contribution in [3.8, 4) is 0 Å². The van der Waals surface area contributed by atoms with Gasteiger partial charge in [-0.25, -0.2) is 0 Å². The maximum atomic E-state index is 12.6. The fourth-order valence-electron chi connectivity index (χ4n) is 2.31. The zero-order valence-electron chi connectivity index (χ0n) is 11.6. The number of benzene rings is 2. The zero-order valence-corrected chi connectivity index (χ0v) is 12.4. The average Bonchev–Trinajstić information content (AvgIpc) is 3.00. The van der Waals surface area contributed by atoms with E-state index in [9.17, 15) is 8.42 Å². The molecule has 0 atom stereocenters. The summed E-state index contributed by atoms with van der Waals surface area (Å²) in [5, 5.41) is 8.71. The molecule has 0 aliphatic carbocycles. The Morgan fingerprint density at radius 3 is 2.43 bits per heavy atom. The molecular formula is C14H14N4O2S. The Bertz CT molecular complexity index is 886. The van der Waals surface area contributed by atoms with Crippen LogP contribution in [0.4, 0.5) is 5.69 Å². The molecule has 0 saturated carbocycles. The summed E-state index contributed by atoms with van der Waals surface area (Å²) in [6.07, 6.45) is 2.66. The molecule has 108 valence electrons. The molecule has 0 spiro atoms. The van der Waals surface area contributed by atoms with Crippen LogP contribution in [0, 0.1) is 0 Å². The van der Waals surface area contributed by atoms with Crippen LogP contribution in [-0.2, 0) is 10.0 Å². The second-order valence-electron chi connectivity index (χ2n) is 4.80. The highest BCUT2D eigenvalue weighted by atomic mass is 32.2. The molecule has 0 bridgehead atoms. The molecule has 0 N–H and O–H groups in total. The molecule has 3 aromatic rings. The molecule has 1 heterocycles. The van der Waals surface area contributed by atoms with E-state index in [1.54, 1.807) is 18.2 Å². The van der Waals surface area contributed by atoms with Gasteiger partial charge in [-0.15, -0.1) is 9.19 Å². The van der Waals surface area contributed by atoms with E-state index in [2.05, 4.69) is 10.3 Å². The summed E-state index contributed by atoms with van der Waals surface area (Å²) < 4.78 is 26.2. The van der Waals surface area contributed by atoms with Crippen molar-refractivity contribution < 1.29 is 8.42 Å². The van der Waals surface area contributed by atoms with E-state index in [-0.39, 0.29) is 4.90 Å². The van der Waals surface area contributed by atoms with Crippen LogP contribution in [0.15, 0.2) is 53.7 Å². The Morgan fingerprint density at radius 1 is 1.05 bits per heavy atom. The van der Waals surface area contributed by atoms with Gasteiger partial charge in [-0.05, 0) is 12.1 Å². The maximum Gasteiger partial charge on any atom is 0.284 e. The summed E-state index contributed by atoms with van der Waals surface area (Å²) in [5.41, 5.74) is 0.961. The first-order valence-electron chi connectivity index (χ1n) is 6.33. The summed E-state index contributed by atoms with van der Waals surface area (Å²) in [5.74, 6) is 0. The van der Waals surface area contributed by atoms with E-state index in [1.807, 2.05) is 37.2 Å². The standard InChI is InChI=1S/C14H14N4O2S/c1-17(2)13-7-3-6-12-11(13)5-4-8-14(12)21(19,20)18-10-9-15-16-18/h3-10H,1-2H3. The van der Waals surface area contributed by atoms with Crippen molar-refractivity contribution in [3.05, 3.63) is 48.8 Å². The van der Waals surface area contributed by atoms with Crippen LogP contribution < -0.4 is 4.90 Å². The molecule has 0 aliphatic heterocycles. The number of anilines is 1. The largest absolute Gasteiger partial charge is 0.377 e. The van der Waals surface area contributed by atoms with Crippen LogP contribution in [0.1, 0.15) is 0 Å². The zero-order chi connectivity index (χ0) is 15.0. The predicted molar refractivity (Wildman–Crippen MR) is 80.9 cm³/mol. The topological polar surface area (TPSA) is 68.1 Å². The third-order valence-corrected chi connectivity index (χ3v) is 4.86. The quantitative estimate of drug-likeness (QED) is 0.737. The second-order valence-corrected chi connectivity index (χ2v) is 6.57. The van der Waals surface area contributed by atoms with Gasteiger partial charge in [-0.3, -0.25) is 0 Å². The first-order chi connectivity index (χ1) is 10.0. The molecule has 0 amide bonds. The lowest BCUT2D eigenvalue weighted by Gasteiger charge is -2.16. The van der Waals surface area contributed by atoms with Crippen molar-refractivity contribution in [1.82, 2.24) is 14.4 Å². The minimum atomic E-state index is -3.74. The molecule has 21 heavy (non-hydrogen) atoms. The normalized spacial score (nSPS) is 11.7. The monoisotopic (exact) mass is 302 g/mol. The molecule has 0 aliphatic rings. The molecule has 6 nitrogen and oxygen atoms in total. The highest BCUT2D eigenvalue weighted by molar-refractivity contribution is 7.90. The van der Waals surface area contributed by atoms with Crippen molar-refractivity contribution in [1.29, 1.82) is 0 Å². The van der Waals surface area contributed by atoms with Crippen molar-refractivity contribution in [2.45, 2.75) is 4.90 Å². The Hall–Kier alpha value is -2.41. The molecule has 0 radical (unpaired) electrons. The van der Waals surface area contributed by atoms with E-state index in [0.717, 1.165) is 15.2 Å². The molecule has 7 heteroatoms. The van der Waals surface area contributed by atoms with E-state index in [0.29, 0.717) is 5.39 Å². The van der Waals surface area contributed by atoms with Gasteiger partial charge in [0.1, 0.15) is 0 Å². The van der Waals surface area contributed by atoms with Crippen molar-refractivity contribution in [2.75, 3.05) is 19.0 Å². The predicted octanol–water partition coefficient (Wildman–Crippen LogP) is 1.73. The first kappa shape index (κ1) is 13.6. The van der Waals surface area contributed by atoms with Gasteiger partial charge in [0.2, 0.25) is 0 Å². The lowest BCUT2D eigenvalue weighted by Crippen LogP contribution is -2.15. The Balaban J connectivity index is 2.33. The van der Waals surface area contributed by atoms with Crippen LogP contribution in [0.5, 0.6) is 0 Å². The minimum Gasteiger partial charge on any atom is -0.377 e. The first-order valence-corrected chi connectivity index (χ1v) is 7.77. The highest BCUT2D eigenvalue weighted by Crippen LogP contribution is 2.30. The van der Waals surface area contributed by atoms with Gasteiger partial charge in [0.25, 0.3) is 10.0 Å². The summed E-state index contributed by atoms with van der Waals surface area (Å²) in [6.45, 7) is 0. The van der Waals surface area contributed by atoms with E-state index >= 15 is 0 Å². The highest BCUT2D eigenvalue weighted by Gasteiger charge is 2.21. The Labute approximate surface area is 122 Å². The number of hydrogen-bond acceptors (Lipinski definition) is 5. The van der Waals surface area contributed by atoms with Crippen LogP contribution >= 0.6 is 0 Å². The van der Waals surface area contributed by atoms with Crippen LogP contribution in [0.2, 0.25) is 0 Å². The minimum absolute atomic E-state index is 0.217. The number of nitrogens with zero attached hydrogens (tertiary/aromatic N) is 4. The van der Waals surface area contributed by atoms with Crippen molar-refractivity contribution >= 4 is 26.5 Å². The van der Waals surface area contributed by atoms with Crippen LogP contribution in [0.25, 0.3) is 10.8 Å². The SMILES string of the molecule is CN(C)c1cccc2c(S(=O)(=O)n3ccnn3)cccc12. The van der Waals surface area contributed by atoms with Gasteiger partial charge >= 0.3 is 0 Å². The third-order valence-electron chi connectivity index (χ3n) is 3.27. The summed E-state index contributed by atoms with van der Waals surface area (Å²) >= 11 is 0.